The molecule has 0 aromatic carbocycles. The molecule has 1 atom stereocenters. The highest BCUT2D eigenvalue weighted by Crippen LogP contribution is 2.20. The Bertz CT molecular complexity index is 197. The summed E-state index contributed by atoms with van der Waals surface area (Å²) in [6.45, 7) is 10.6. The fourth-order valence-electron chi connectivity index (χ4n) is 2.22. The maximum atomic E-state index is 9.17. The smallest absolute Gasteiger partial charge is 0.0940 e. The van der Waals surface area contributed by atoms with Crippen LogP contribution < -0.4 is 0 Å². The van der Waals surface area contributed by atoms with Gasteiger partial charge in [0.2, 0.25) is 0 Å². The summed E-state index contributed by atoms with van der Waals surface area (Å²) in [5.74, 6) is 0. The Hall–Kier alpha value is -0.160. The molecule has 0 bridgehead atoms. The van der Waals surface area contributed by atoms with Crippen molar-refractivity contribution in [2.24, 2.45) is 0 Å². The van der Waals surface area contributed by atoms with Crippen LogP contribution in [-0.2, 0) is 9.47 Å². The van der Waals surface area contributed by atoms with Gasteiger partial charge in [0.1, 0.15) is 0 Å². The van der Waals surface area contributed by atoms with Crippen molar-refractivity contribution in [3.05, 3.63) is 0 Å². The van der Waals surface area contributed by atoms with E-state index in [2.05, 4.69) is 18.7 Å². The first-order valence-corrected chi connectivity index (χ1v) is 6.16. The number of hydrogen-bond acceptors (Lipinski definition) is 4. The molecule has 0 aromatic heterocycles. The second-order valence-electron chi connectivity index (χ2n) is 4.97. The van der Waals surface area contributed by atoms with E-state index in [1.165, 1.54) is 0 Å². The summed E-state index contributed by atoms with van der Waals surface area (Å²) in [7, 11) is 0. The Morgan fingerprint density at radius 2 is 2.25 bits per heavy atom. The van der Waals surface area contributed by atoms with Crippen LogP contribution in [-0.4, -0.2) is 61.2 Å². The molecule has 1 N–H and O–H groups in total. The second kappa shape index (κ2) is 6.55. The fourth-order valence-corrected chi connectivity index (χ4v) is 2.22. The summed E-state index contributed by atoms with van der Waals surface area (Å²) in [6.07, 6.45) is 0.998. The Kier molecular flexibility index (Phi) is 5.69. The van der Waals surface area contributed by atoms with Crippen LogP contribution in [0.2, 0.25) is 0 Å². The van der Waals surface area contributed by atoms with E-state index in [-0.39, 0.29) is 18.3 Å². The van der Waals surface area contributed by atoms with Crippen molar-refractivity contribution < 1.29 is 14.6 Å². The van der Waals surface area contributed by atoms with Crippen molar-refractivity contribution in [3.63, 3.8) is 0 Å². The molecule has 4 heteroatoms. The average Bonchev–Trinajstić information content (AvgIpc) is 2.22. The molecule has 0 radical (unpaired) electrons. The van der Waals surface area contributed by atoms with E-state index in [0.717, 1.165) is 39.3 Å². The van der Waals surface area contributed by atoms with Crippen LogP contribution in [0.4, 0.5) is 0 Å². The van der Waals surface area contributed by atoms with Crippen LogP contribution in [0.1, 0.15) is 27.2 Å². The topological polar surface area (TPSA) is 41.9 Å². The first-order chi connectivity index (χ1) is 7.57. The quantitative estimate of drug-likeness (QED) is 0.689. The summed E-state index contributed by atoms with van der Waals surface area (Å²) in [6, 6.07) is 0. The van der Waals surface area contributed by atoms with Gasteiger partial charge in [0.15, 0.2) is 0 Å². The minimum atomic E-state index is -0.155. The number of morpholine rings is 1. The lowest BCUT2D eigenvalue weighted by atomic mass is 10.1. The van der Waals surface area contributed by atoms with Gasteiger partial charge in [-0.2, -0.15) is 0 Å². The number of hydrogen-bond donors (Lipinski definition) is 1. The van der Waals surface area contributed by atoms with Crippen molar-refractivity contribution in [1.82, 2.24) is 4.90 Å². The molecule has 1 aliphatic heterocycles. The van der Waals surface area contributed by atoms with Crippen LogP contribution in [0, 0.1) is 0 Å². The molecule has 1 fully saturated rings. The Morgan fingerprint density at radius 3 is 2.88 bits per heavy atom. The summed E-state index contributed by atoms with van der Waals surface area (Å²) in [4.78, 5) is 2.35. The minimum absolute atomic E-state index is 0.0455. The maximum absolute atomic E-state index is 9.17. The van der Waals surface area contributed by atoms with Crippen LogP contribution in [0.3, 0.4) is 0 Å². The van der Waals surface area contributed by atoms with Gasteiger partial charge in [0, 0.05) is 32.8 Å². The summed E-state index contributed by atoms with van der Waals surface area (Å²) in [5.41, 5.74) is -0.155. The van der Waals surface area contributed by atoms with Gasteiger partial charge in [0.05, 0.1) is 18.3 Å². The van der Waals surface area contributed by atoms with Crippen LogP contribution in [0.15, 0.2) is 0 Å². The number of ether oxygens (including phenoxy) is 2. The average molecular weight is 231 g/mol. The van der Waals surface area contributed by atoms with Gasteiger partial charge in [0.25, 0.3) is 0 Å². The summed E-state index contributed by atoms with van der Waals surface area (Å²) in [5, 5.41) is 9.17. The third kappa shape index (κ3) is 4.78. The van der Waals surface area contributed by atoms with Gasteiger partial charge in [-0.15, -0.1) is 0 Å². The Balaban J connectivity index is 2.29. The largest absolute Gasteiger partial charge is 0.394 e. The normalized spacial score (nSPS) is 25.9. The maximum Gasteiger partial charge on any atom is 0.0940 e. The zero-order valence-corrected chi connectivity index (χ0v) is 10.7. The van der Waals surface area contributed by atoms with Gasteiger partial charge in [-0.25, -0.2) is 0 Å². The molecular formula is C12H25NO3. The number of rotatable bonds is 6. The first-order valence-electron chi connectivity index (χ1n) is 6.16. The van der Waals surface area contributed by atoms with E-state index in [1.807, 2.05) is 6.92 Å². The lowest BCUT2D eigenvalue weighted by Crippen LogP contribution is -2.54. The first kappa shape index (κ1) is 13.9. The van der Waals surface area contributed by atoms with Crippen LogP contribution in [0.25, 0.3) is 0 Å². The highest BCUT2D eigenvalue weighted by molar-refractivity contribution is 4.83. The molecule has 0 spiro atoms. The van der Waals surface area contributed by atoms with E-state index >= 15 is 0 Å². The zero-order valence-electron chi connectivity index (χ0n) is 10.7. The van der Waals surface area contributed by atoms with Gasteiger partial charge in [-0.1, -0.05) is 0 Å². The number of aliphatic hydroxyl groups is 1. The third-order valence-electron chi connectivity index (χ3n) is 2.72. The van der Waals surface area contributed by atoms with E-state index in [0.29, 0.717) is 0 Å². The van der Waals surface area contributed by atoms with Crippen LogP contribution in [0.5, 0.6) is 0 Å². The lowest BCUT2D eigenvalue weighted by molar-refractivity contribution is -0.149. The predicted octanol–water partition coefficient (Wildman–Crippen LogP) is 0.885. The van der Waals surface area contributed by atoms with Gasteiger partial charge >= 0.3 is 0 Å². The third-order valence-corrected chi connectivity index (χ3v) is 2.72. The molecule has 96 valence electrons. The van der Waals surface area contributed by atoms with Crippen molar-refractivity contribution in [3.8, 4) is 0 Å². The zero-order chi connectivity index (χ0) is 12.0. The minimum Gasteiger partial charge on any atom is -0.394 e. The van der Waals surface area contributed by atoms with E-state index in [9.17, 15) is 5.11 Å². The van der Waals surface area contributed by atoms with Crippen molar-refractivity contribution in [2.75, 3.05) is 39.5 Å². The van der Waals surface area contributed by atoms with E-state index in [4.69, 9.17) is 9.47 Å². The molecule has 1 rings (SSSR count). The summed E-state index contributed by atoms with van der Waals surface area (Å²) >= 11 is 0. The molecule has 0 aliphatic carbocycles. The number of nitrogens with zero attached hydrogens (tertiary/aromatic N) is 1. The molecule has 16 heavy (non-hydrogen) atoms. The molecule has 1 heterocycles. The fraction of sp³-hybridized carbons (Fsp3) is 1.00. The Labute approximate surface area is 98.5 Å². The molecule has 0 aromatic rings. The van der Waals surface area contributed by atoms with Gasteiger partial charge in [-0.05, 0) is 27.2 Å². The molecular weight excluding hydrogens is 206 g/mol. The van der Waals surface area contributed by atoms with Crippen molar-refractivity contribution in [2.45, 2.75) is 38.9 Å². The molecule has 1 unspecified atom stereocenters. The molecule has 4 nitrogen and oxygen atoms in total. The standard InChI is InChI=1S/C12H25NO3/c1-4-15-7-5-6-13-8-11(9-14)16-12(2,3)10-13/h11,14H,4-10H2,1-3H3. The van der Waals surface area contributed by atoms with Gasteiger partial charge < -0.3 is 14.6 Å². The monoisotopic (exact) mass is 231 g/mol. The van der Waals surface area contributed by atoms with Crippen molar-refractivity contribution in [1.29, 1.82) is 0 Å². The Morgan fingerprint density at radius 1 is 1.50 bits per heavy atom. The predicted molar refractivity (Wildman–Crippen MR) is 63.6 cm³/mol. The highest BCUT2D eigenvalue weighted by atomic mass is 16.5. The van der Waals surface area contributed by atoms with Crippen LogP contribution >= 0.6 is 0 Å². The second-order valence-corrected chi connectivity index (χ2v) is 4.97. The molecule has 0 amide bonds. The van der Waals surface area contributed by atoms with E-state index < -0.39 is 0 Å². The SMILES string of the molecule is CCOCCCN1CC(CO)OC(C)(C)C1. The highest BCUT2D eigenvalue weighted by Gasteiger charge is 2.32. The lowest BCUT2D eigenvalue weighted by Gasteiger charge is -2.42. The van der Waals surface area contributed by atoms with Crippen molar-refractivity contribution >= 4 is 0 Å². The van der Waals surface area contributed by atoms with E-state index in [1.54, 1.807) is 0 Å². The molecule has 0 saturated carbocycles. The van der Waals surface area contributed by atoms with Gasteiger partial charge in [-0.3, -0.25) is 4.90 Å². The summed E-state index contributed by atoms with van der Waals surface area (Å²) < 4.78 is 11.1. The number of aliphatic hydroxyl groups excluding tert-OH is 1. The molecule has 1 saturated heterocycles. The molecule has 1 aliphatic rings.